The van der Waals surface area contributed by atoms with E-state index in [0.717, 1.165) is 19.4 Å². The molecule has 112 valence electrons. The number of anilines is 1. The minimum Gasteiger partial charge on any atom is -0.480 e. The highest BCUT2D eigenvalue weighted by Crippen LogP contribution is 2.38. The molecule has 1 aliphatic carbocycles. The van der Waals surface area contributed by atoms with Gasteiger partial charge in [-0.25, -0.2) is 4.79 Å². The van der Waals surface area contributed by atoms with Gasteiger partial charge in [-0.05, 0) is 43.4 Å². The van der Waals surface area contributed by atoms with Gasteiger partial charge in [-0.1, -0.05) is 17.7 Å². The number of carbonyl (C=O) groups is 2. The Kier molecular flexibility index (Phi) is 3.76. The number of fused-ring (bicyclic) bond motifs is 2. The van der Waals surface area contributed by atoms with Gasteiger partial charge in [-0.2, -0.15) is 0 Å². The van der Waals surface area contributed by atoms with Crippen LogP contribution in [0, 0.1) is 5.92 Å². The van der Waals surface area contributed by atoms with Crippen molar-refractivity contribution in [2.75, 3.05) is 18.0 Å². The lowest BCUT2D eigenvalue weighted by atomic mass is 10.1. The number of hydrogen-bond donors (Lipinski definition) is 1. The first-order valence-corrected chi connectivity index (χ1v) is 7.48. The van der Waals surface area contributed by atoms with E-state index in [4.69, 9.17) is 16.7 Å². The number of benzene rings is 1. The van der Waals surface area contributed by atoms with Gasteiger partial charge in [0.1, 0.15) is 6.54 Å². The van der Waals surface area contributed by atoms with Gasteiger partial charge in [0, 0.05) is 23.3 Å². The van der Waals surface area contributed by atoms with Crippen molar-refractivity contribution >= 4 is 29.3 Å². The van der Waals surface area contributed by atoms with Gasteiger partial charge in [0.15, 0.2) is 0 Å². The van der Waals surface area contributed by atoms with E-state index < -0.39 is 5.97 Å². The summed E-state index contributed by atoms with van der Waals surface area (Å²) in [6.45, 7) is 0.382. The molecule has 1 aromatic rings. The number of carboxylic acids is 1. The predicted octanol–water partition coefficient (Wildman–Crippen LogP) is 2.84. The summed E-state index contributed by atoms with van der Waals surface area (Å²) in [4.78, 5) is 26.9. The van der Waals surface area contributed by atoms with Crippen LogP contribution in [0.1, 0.15) is 19.3 Å². The highest BCUT2D eigenvalue weighted by molar-refractivity contribution is 6.30. The zero-order chi connectivity index (χ0) is 15.0. The molecule has 2 amide bonds. The summed E-state index contributed by atoms with van der Waals surface area (Å²) in [6.07, 6.45) is 3.24. The summed E-state index contributed by atoms with van der Waals surface area (Å²) in [6, 6.07) is 6.78. The van der Waals surface area contributed by atoms with Gasteiger partial charge in [0.05, 0.1) is 0 Å². The summed E-state index contributed by atoms with van der Waals surface area (Å²) < 4.78 is 0. The fourth-order valence-corrected chi connectivity index (χ4v) is 3.55. The minimum absolute atomic E-state index is 0.230. The smallest absolute Gasteiger partial charge is 0.325 e. The van der Waals surface area contributed by atoms with Crippen molar-refractivity contribution in [1.29, 1.82) is 0 Å². The highest BCUT2D eigenvalue weighted by atomic mass is 35.5. The number of urea groups is 1. The molecule has 6 heteroatoms. The number of halogens is 1. The van der Waals surface area contributed by atoms with Crippen LogP contribution in [0.15, 0.2) is 24.3 Å². The summed E-state index contributed by atoms with van der Waals surface area (Å²) in [5.74, 6) is -0.460. The number of hydrogen-bond acceptors (Lipinski definition) is 2. The number of nitrogens with zero attached hydrogens (tertiary/aromatic N) is 2. The van der Waals surface area contributed by atoms with Crippen LogP contribution in [0.2, 0.25) is 5.02 Å². The van der Waals surface area contributed by atoms with Crippen molar-refractivity contribution in [3.8, 4) is 0 Å². The Morgan fingerprint density at radius 1 is 1.38 bits per heavy atom. The zero-order valence-electron chi connectivity index (χ0n) is 11.5. The van der Waals surface area contributed by atoms with Crippen LogP contribution in [0.4, 0.5) is 10.5 Å². The molecule has 2 aliphatic rings. The lowest BCUT2D eigenvalue weighted by Gasteiger charge is -2.32. The first kappa shape index (κ1) is 14.2. The van der Waals surface area contributed by atoms with Crippen molar-refractivity contribution in [3.63, 3.8) is 0 Å². The van der Waals surface area contributed by atoms with Gasteiger partial charge < -0.3 is 10.0 Å². The lowest BCUT2D eigenvalue weighted by molar-refractivity contribution is -0.135. The molecule has 1 aromatic carbocycles. The average Bonchev–Trinajstić information content (AvgIpc) is 3.06. The third-order valence-electron chi connectivity index (χ3n) is 4.30. The van der Waals surface area contributed by atoms with Gasteiger partial charge in [-0.3, -0.25) is 9.69 Å². The van der Waals surface area contributed by atoms with E-state index in [9.17, 15) is 9.59 Å². The third kappa shape index (κ3) is 2.83. The second-order valence-electron chi connectivity index (χ2n) is 5.73. The number of aliphatic carboxylic acids is 1. The lowest BCUT2D eigenvalue weighted by Crippen LogP contribution is -2.48. The molecule has 0 spiro atoms. The molecule has 1 aliphatic heterocycles. The topological polar surface area (TPSA) is 60.9 Å². The summed E-state index contributed by atoms with van der Waals surface area (Å²) >= 11 is 5.95. The van der Waals surface area contributed by atoms with E-state index in [0.29, 0.717) is 16.6 Å². The maximum Gasteiger partial charge on any atom is 0.325 e. The van der Waals surface area contributed by atoms with Crippen LogP contribution in [0.25, 0.3) is 0 Å². The number of amides is 2. The quantitative estimate of drug-likeness (QED) is 0.934. The van der Waals surface area contributed by atoms with E-state index >= 15 is 0 Å². The summed E-state index contributed by atoms with van der Waals surface area (Å²) in [5, 5.41) is 9.58. The summed E-state index contributed by atoms with van der Waals surface area (Å²) in [5.41, 5.74) is 0.526. The van der Waals surface area contributed by atoms with Crippen molar-refractivity contribution in [2.45, 2.75) is 25.3 Å². The van der Waals surface area contributed by atoms with E-state index in [1.165, 1.54) is 11.3 Å². The molecule has 1 saturated carbocycles. The van der Waals surface area contributed by atoms with Gasteiger partial charge in [0.25, 0.3) is 0 Å². The first-order chi connectivity index (χ1) is 10.0. The number of rotatable bonds is 3. The maximum atomic E-state index is 12.7. The molecule has 0 radical (unpaired) electrons. The number of likely N-dealkylation sites (tertiary alicyclic amines) is 1. The van der Waals surface area contributed by atoms with Gasteiger partial charge in [-0.15, -0.1) is 0 Å². The number of piperidine rings is 1. The fraction of sp³-hybridized carbons (Fsp3) is 0.467. The van der Waals surface area contributed by atoms with Crippen molar-refractivity contribution in [1.82, 2.24) is 4.90 Å². The van der Waals surface area contributed by atoms with Crippen molar-refractivity contribution in [2.24, 2.45) is 5.92 Å². The van der Waals surface area contributed by atoms with Crippen LogP contribution in [0.3, 0.4) is 0 Å². The Bertz CT molecular complexity index is 578. The van der Waals surface area contributed by atoms with Crippen LogP contribution < -0.4 is 4.90 Å². The van der Waals surface area contributed by atoms with E-state index in [-0.39, 0.29) is 18.6 Å². The normalized spacial score (nSPS) is 23.4. The Hall–Kier alpha value is -1.75. The number of carboxylic acid groups (broad SMARTS) is 1. The molecule has 2 atom stereocenters. The zero-order valence-corrected chi connectivity index (χ0v) is 12.3. The molecule has 1 heterocycles. The van der Waals surface area contributed by atoms with Crippen LogP contribution in [0.5, 0.6) is 0 Å². The monoisotopic (exact) mass is 308 g/mol. The second kappa shape index (κ2) is 5.56. The number of carbonyl (C=O) groups excluding carboxylic acids is 1. The Morgan fingerprint density at radius 2 is 2.19 bits per heavy atom. The molecule has 1 N–H and O–H groups in total. The fourth-order valence-electron chi connectivity index (χ4n) is 3.36. The molecule has 3 rings (SSSR count). The standard InChI is InChI=1S/C15H17ClN2O3/c16-11-2-1-3-12(7-11)18(9-14(19)20)15(21)17-8-10-4-5-13(17)6-10/h1-3,7,10,13H,4-6,8-9H2,(H,19,20). The Labute approximate surface area is 128 Å². The summed E-state index contributed by atoms with van der Waals surface area (Å²) in [7, 11) is 0. The molecule has 5 nitrogen and oxygen atoms in total. The maximum absolute atomic E-state index is 12.7. The molecule has 2 fully saturated rings. The molecule has 2 bridgehead atoms. The van der Waals surface area contributed by atoms with Crippen molar-refractivity contribution in [3.05, 3.63) is 29.3 Å². The van der Waals surface area contributed by atoms with E-state index in [1.807, 2.05) is 4.90 Å². The van der Waals surface area contributed by atoms with Crippen LogP contribution in [-0.2, 0) is 4.79 Å². The molecule has 1 saturated heterocycles. The van der Waals surface area contributed by atoms with E-state index in [2.05, 4.69) is 0 Å². The molecular weight excluding hydrogens is 292 g/mol. The molecule has 21 heavy (non-hydrogen) atoms. The third-order valence-corrected chi connectivity index (χ3v) is 4.53. The average molecular weight is 309 g/mol. The Morgan fingerprint density at radius 3 is 2.76 bits per heavy atom. The second-order valence-corrected chi connectivity index (χ2v) is 6.16. The van der Waals surface area contributed by atoms with Crippen molar-refractivity contribution < 1.29 is 14.7 Å². The largest absolute Gasteiger partial charge is 0.480 e. The van der Waals surface area contributed by atoms with Gasteiger partial charge >= 0.3 is 12.0 Å². The Balaban J connectivity index is 1.85. The molecular formula is C15H17ClN2O3. The van der Waals surface area contributed by atoms with E-state index in [1.54, 1.807) is 24.3 Å². The highest BCUT2D eigenvalue weighted by Gasteiger charge is 2.42. The van der Waals surface area contributed by atoms with Crippen LogP contribution in [-0.4, -0.2) is 41.1 Å². The molecule has 2 unspecified atom stereocenters. The van der Waals surface area contributed by atoms with Gasteiger partial charge in [0.2, 0.25) is 0 Å². The SMILES string of the molecule is O=C(O)CN(C(=O)N1CC2CCC1C2)c1cccc(Cl)c1. The predicted molar refractivity (Wildman–Crippen MR) is 79.7 cm³/mol. The minimum atomic E-state index is -1.03. The molecule has 0 aromatic heterocycles. The van der Waals surface area contributed by atoms with Crippen LogP contribution >= 0.6 is 11.6 Å². The first-order valence-electron chi connectivity index (χ1n) is 7.10.